The largest absolute Gasteiger partial charge is 0.342 e. The molecule has 0 bridgehead atoms. The fourth-order valence-electron chi connectivity index (χ4n) is 5.19. The molecule has 0 saturated carbocycles. The second kappa shape index (κ2) is 10.2. The molecule has 2 aromatic heterocycles. The van der Waals surface area contributed by atoms with Gasteiger partial charge in [-0.1, -0.05) is 41.4 Å². The molecule has 36 heavy (non-hydrogen) atoms. The molecule has 1 fully saturated rings. The topological polar surface area (TPSA) is 72.2 Å². The summed E-state index contributed by atoms with van der Waals surface area (Å²) in [6.45, 7) is 7.12. The Balaban J connectivity index is 1.73. The zero-order valence-electron chi connectivity index (χ0n) is 20.4. The number of halogens is 2. The van der Waals surface area contributed by atoms with Crippen molar-refractivity contribution in [3.63, 3.8) is 0 Å². The summed E-state index contributed by atoms with van der Waals surface area (Å²) < 4.78 is 3.76. The molecule has 0 aliphatic carbocycles. The van der Waals surface area contributed by atoms with E-state index in [-0.39, 0.29) is 24.1 Å². The van der Waals surface area contributed by atoms with Gasteiger partial charge in [-0.15, -0.1) is 0 Å². The molecule has 4 aromatic rings. The van der Waals surface area contributed by atoms with Crippen LogP contribution in [0.15, 0.2) is 47.4 Å². The molecule has 5 rings (SSSR count). The molecule has 9 heteroatoms. The van der Waals surface area contributed by atoms with Crippen LogP contribution in [0.1, 0.15) is 32.7 Å². The van der Waals surface area contributed by atoms with E-state index in [0.717, 1.165) is 36.8 Å². The molecule has 0 unspecified atom stereocenters. The quantitative estimate of drug-likeness (QED) is 0.379. The summed E-state index contributed by atoms with van der Waals surface area (Å²) in [5.74, 6) is 0.0345. The van der Waals surface area contributed by atoms with Crippen molar-refractivity contribution in [2.75, 3.05) is 26.2 Å². The zero-order chi connectivity index (χ0) is 25.4. The lowest BCUT2D eigenvalue weighted by atomic mass is 10.0. The van der Waals surface area contributed by atoms with E-state index in [9.17, 15) is 9.59 Å². The Morgan fingerprint density at radius 2 is 1.78 bits per heavy atom. The van der Waals surface area contributed by atoms with Crippen molar-refractivity contribution >= 4 is 51.0 Å². The van der Waals surface area contributed by atoms with Gasteiger partial charge in [0.1, 0.15) is 12.2 Å². The first-order valence-electron chi connectivity index (χ1n) is 12.4. The minimum absolute atomic E-state index is 0.0258. The van der Waals surface area contributed by atoms with Crippen LogP contribution in [0.5, 0.6) is 0 Å². The van der Waals surface area contributed by atoms with Crippen LogP contribution < -0.4 is 10.9 Å². The molecule has 0 spiro atoms. The van der Waals surface area contributed by atoms with E-state index in [4.69, 9.17) is 28.2 Å². The third kappa shape index (κ3) is 4.40. The molecular weight excluding hydrogens is 497 g/mol. The van der Waals surface area contributed by atoms with Crippen molar-refractivity contribution in [2.24, 2.45) is 0 Å². The summed E-state index contributed by atoms with van der Waals surface area (Å²) in [6, 6.07) is 11.3. The first-order valence-corrected chi connectivity index (χ1v) is 13.2. The van der Waals surface area contributed by atoms with Gasteiger partial charge < -0.3 is 19.4 Å². The highest BCUT2D eigenvalue weighted by atomic mass is 35.5. The highest BCUT2D eigenvalue weighted by molar-refractivity contribution is 6.42. The van der Waals surface area contributed by atoms with Crippen LogP contribution in [0, 0.1) is 0 Å². The number of para-hydroxylation sites is 1. The average Bonchev–Trinajstić information content (AvgIpc) is 3.24. The van der Waals surface area contributed by atoms with Gasteiger partial charge in [0.15, 0.2) is 0 Å². The minimum Gasteiger partial charge on any atom is -0.342 e. The highest BCUT2D eigenvalue weighted by Gasteiger charge is 2.24. The minimum atomic E-state index is -0.161. The number of carbonyl (C=O) groups is 1. The molecule has 3 heterocycles. The molecule has 188 valence electrons. The Morgan fingerprint density at radius 3 is 2.50 bits per heavy atom. The van der Waals surface area contributed by atoms with Crippen molar-refractivity contribution in [1.82, 2.24) is 24.3 Å². The number of hydrogen-bond acceptors (Lipinski definition) is 4. The Hall–Kier alpha value is -2.87. The average molecular weight is 526 g/mol. The predicted molar refractivity (Wildman–Crippen MR) is 146 cm³/mol. The summed E-state index contributed by atoms with van der Waals surface area (Å²) in [5, 5.41) is 5.04. The van der Waals surface area contributed by atoms with Gasteiger partial charge in [0.25, 0.3) is 5.56 Å². The molecular formula is C27H29Cl2N5O2. The predicted octanol–water partition coefficient (Wildman–Crippen LogP) is 5.12. The van der Waals surface area contributed by atoms with Gasteiger partial charge in [-0.2, -0.15) is 0 Å². The fourth-order valence-corrected chi connectivity index (χ4v) is 5.51. The van der Waals surface area contributed by atoms with Crippen LogP contribution in [0.2, 0.25) is 10.0 Å². The van der Waals surface area contributed by atoms with Gasteiger partial charge in [0.05, 0.1) is 21.1 Å². The maximum atomic E-state index is 14.1. The fraction of sp³-hybridized carbons (Fsp3) is 0.370. The van der Waals surface area contributed by atoms with Crippen molar-refractivity contribution < 1.29 is 4.79 Å². The first-order chi connectivity index (χ1) is 17.4. The number of fused-ring (bicyclic) bond motifs is 2. The molecule has 0 radical (unpaired) electrons. The van der Waals surface area contributed by atoms with Crippen LogP contribution in [0.4, 0.5) is 0 Å². The van der Waals surface area contributed by atoms with Gasteiger partial charge >= 0.3 is 0 Å². The summed E-state index contributed by atoms with van der Waals surface area (Å²) in [6.07, 6.45) is 3.55. The number of aromatic nitrogens is 3. The van der Waals surface area contributed by atoms with Crippen LogP contribution in [-0.4, -0.2) is 51.1 Å². The molecule has 1 saturated heterocycles. The number of hydrogen-bond donors (Lipinski definition) is 1. The molecule has 1 aliphatic rings. The van der Waals surface area contributed by atoms with Crippen LogP contribution in [0.3, 0.4) is 0 Å². The van der Waals surface area contributed by atoms with E-state index in [1.807, 2.05) is 53.4 Å². The van der Waals surface area contributed by atoms with Crippen molar-refractivity contribution in [1.29, 1.82) is 0 Å². The van der Waals surface area contributed by atoms with E-state index < -0.39 is 0 Å². The van der Waals surface area contributed by atoms with Gasteiger partial charge in [-0.25, -0.2) is 4.98 Å². The summed E-state index contributed by atoms with van der Waals surface area (Å²) >= 11 is 12.7. The van der Waals surface area contributed by atoms with Crippen molar-refractivity contribution in [2.45, 2.75) is 39.3 Å². The number of likely N-dealkylation sites (N-methyl/N-ethyl adjacent to an activating group) is 1. The number of carbonyl (C=O) groups excluding carboxylic acids is 1. The van der Waals surface area contributed by atoms with Crippen LogP contribution >= 0.6 is 23.2 Å². The van der Waals surface area contributed by atoms with Gasteiger partial charge in [-0.3, -0.25) is 9.59 Å². The van der Waals surface area contributed by atoms with E-state index in [0.29, 0.717) is 45.4 Å². The number of nitrogens with zero attached hydrogens (tertiary/aromatic N) is 4. The standard InChI is InChI=1S/C27H29Cl2N5O2/c1-3-32(4-2)25(35)16-33-15-19(18-7-5-6-8-23(18)33)26-27(36)34(17-9-11-30-12-10-17)24-14-21(29)20(28)13-22(24)31-26/h5-8,13-15,17,30H,3-4,9-12,16H2,1-2H3. The number of rotatable bonds is 6. The number of piperidine rings is 1. The second-order valence-electron chi connectivity index (χ2n) is 9.13. The van der Waals surface area contributed by atoms with Crippen molar-refractivity contribution in [3.05, 3.63) is 63.0 Å². The number of benzene rings is 2. The maximum absolute atomic E-state index is 14.1. The van der Waals surface area contributed by atoms with Gasteiger partial charge in [-0.05, 0) is 58.0 Å². The zero-order valence-corrected chi connectivity index (χ0v) is 21.9. The maximum Gasteiger partial charge on any atom is 0.277 e. The normalized spacial score (nSPS) is 14.6. The van der Waals surface area contributed by atoms with E-state index in [1.54, 1.807) is 17.0 Å². The summed E-state index contributed by atoms with van der Waals surface area (Å²) in [4.78, 5) is 33.6. The Labute approximate surface area is 219 Å². The van der Waals surface area contributed by atoms with Crippen molar-refractivity contribution in [3.8, 4) is 11.3 Å². The third-order valence-electron chi connectivity index (χ3n) is 7.07. The SMILES string of the molecule is CCN(CC)C(=O)Cn1cc(-c2nc3cc(Cl)c(Cl)cc3n(C3CCNCC3)c2=O)c2ccccc21. The van der Waals surface area contributed by atoms with E-state index in [1.165, 1.54) is 0 Å². The second-order valence-corrected chi connectivity index (χ2v) is 9.94. The molecule has 1 N–H and O–H groups in total. The van der Waals surface area contributed by atoms with Gasteiger partial charge in [0, 0.05) is 41.8 Å². The monoisotopic (exact) mass is 525 g/mol. The Bertz CT molecular complexity index is 1500. The third-order valence-corrected chi connectivity index (χ3v) is 7.79. The Kier molecular flexibility index (Phi) is 7.06. The highest BCUT2D eigenvalue weighted by Crippen LogP contribution is 2.33. The molecule has 0 atom stereocenters. The summed E-state index contributed by atoms with van der Waals surface area (Å²) in [5.41, 5.74) is 3.09. The lowest BCUT2D eigenvalue weighted by molar-refractivity contribution is -0.131. The van der Waals surface area contributed by atoms with Gasteiger partial charge in [0.2, 0.25) is 5.91 Å². The van der Waals surface area contributed by atoms with Crippen LogP contribution in [0.25, 0.3) is 33.2 Å². The molecule has 7 nitrogen and oxygen atoms in total. The lowest BCUT2D eigenvalue weighted by Gasteiger charge is -2.26. The van der Waals surface area contributed by atoms with E-state index >= 15 is 0 Å². The van der Waals surface area contributed by atoms with E-state index in [2.05, 4.69) is 5.32 Å². The van der Waals surface area contributed by atoms with Crippen LogP contribution in [-0.2, 0) is 11.3 Å². The number of nitrogens with one attached hydrogen (secondary N) is 1. The molecule has 1 aliphatic heterocycles. The Morgan fingerprint density at radius 1 is 1.08 bits per heavy atom. The first kappa shape index (κ1) is 24.8. The lowest BCUT2D eigenvalue weighted by Crippen LogP contribution is -2.35. The molecule has 1 amide bonds. The number of amides is 1. The molecule has 2 aromatic carbocycles. The summed E-state index contributed by atoms with van der Waals surface area (Å²) in [7, 11) is 0. The smallest absolute Gasteiger partial charge is 0.277 e.